The van der Waals surface area contributed by atoms with Crippen molar-refractivity contribution in [2.75, 3.05) is 13.1 Å². The minimum absolute atomic E-state index is 0.136. The number of benzene rings is 2. The number of para-hydroxylation sites is 1. The largest absolute Gasteiger partial charge is 0.339 e. The van der Waals surface area contributed by atoms with Crippen molar-refractivity contribution in [2.24, 2.45) is 0 Å². The maximum absolute atomic E-state index is 13.7. The Balaban J connectivity index is 1.99. The maximum Gasteiger partial charge on any atom is 0.254 e. The SMILES string of the molecule is CCCCCN(CCCCC)C(=O)c1cc(-c2ccc(CC)cc2)nc2ccccc12. The van der Waals surface area contributed by atoms with Gasteiger partial charge in [-0.15, -0.1) is 0 Å². The van der Waals surface area contributed by atoms with E-state index in [0.717, 1.165) is 85.8 Å². The first-order valence-corrected chi connectivity index (χ1v) is 12.0. The molecule has 0 N–H and O–H groups in total. The van der Waals surface area contributed by atoms with Crippen molar-refractivity contribution in [1.82, 2.24) is 9.88 Å². The quantitative estimate of drug-likeness (QED) is 0.308. The van der Waals surface area contributed by atoms with Crippen molar-refractivity contribution in [1.29, 1.82) is 0 Å². The molecular formula is C28H36N2O. The number of amides is 1. The summed E-state index contributed by atoms with van der Waals surface area (Å²) in [4.78, 5) is 20.7. The summed E-state index contributed by atoms with van der Waals surface area (Å²) >= 11 is 0. The fourth-order valence-corrected chi connectivity index (χ4v) is 4.00. The molecule has 0 fully saturated rings. The van der Waals surface area contributed by atoms with Crippen LogP contribution in [0.1, 0.15) is 75.2 Å². The average Bonchev–Trinajstić information content (AvgIpc) is 2.82. The van der Waals surface area contributed by atoms with Gasteiger partial charge >= 0.3 is 0 Å². The Kier molecular flexibility index (Phi) is 8.63. The molecule has 0 spiro atoms. The minimum Gasteiger partial charge on any atom is -0.339 e. The number of carbonyl (C=O) groups is 1. The van der Waals surface area contributed by atoms with Gasteiger partial charge in [0.1, 0.15) is 0 Å². The van der Waals surface area contributed by atoms with Gasteiger partial charge in [-0.1, -0.05) is 88.9 Å². The third kappa shape index (κ3) is 5.94. The van der Waals surface area contributed by atoms with Crippen LogP contribution >= 0.6 is 0 Å². The van der Waals surface area contributed by atoms with Crippen molar-refractivity contribution in [3.05, 3.63) is 65.7 Å². The van der Waals surface area contributed by atoms with Crippen LogP contribution < -0.4 is 0 Å². The van der Waals surface area contributed by atoms with Gasteiger partial charge in [-0.2, -0.15) is 0 Å². The summed E-state index contributed by atoms with van der Waals surface area (Å²) in [5, 5.41) is 0.942. The van der Waals surface area contributed by atoms with E-state index in [4.69, 9.17) is 4.98 Å². The molecule has 0 aliphatic heterocycles. The van der Waals surface area contributed by atoms with Crippen molar-refractivity contribution < 1.29 is 4.79 Å². The highest BCUT2D eigenvalue weighted by Crippen LogP contribution is 2.26. The third-order valence-electron chi connectivity index (χ3n) is 5.95. The van der Waals surface area contributed by atoms with Crippen LogP contribution in [-0.2, 0) is 6.42 Å². The number of hydrogen-bond acceptors (Lipinski definition) is 2. The van der Waals surface area contributed by atoms with Crippen LogP contribution in [0.15, 0.2) is 54.6 Å². The molecule has 0 bridgehead atoms. The van der Waals surface area contributed by atoms with Gasteiger partial charge in [-0.05, 0) is 37.0 Å². The molecule has 3 nitrogen and oxygen atoms in total. The lowest BCUT2D eigenvalue weighted by Gasteiger charge is -2.24. The second-order valence-electron chi connectivity index (χ2n) is 8.33. The first kappa shape index (κ1) is 23.0. The summed E-state index contributed by atoms with van der Waals surface area (Å²) < 4.78 is 0. The van der Waals surface area contributed by atoms with E-state index in [2.05, 4.69) is 49.9 Å². The predicted octanol–water partition coefficient (Wildman–Crippen LogP) is 7.29. The molecule has 0 atom stereocenters. The molecule has 1 heterocycles. The molecule has 3 rings (SSSR count). The van der Waals surface area contributed by atoms with Crippen LogP contribution in [0.25, 0.3) is 22.2 Å². The lowest BCUT2D eigenvalue weighted by Crippen LogP contribution is -2.33. The summed E-state index contributed by atoms with van der Waals surface area (Å²) in [7, 11) is 0. The summed E-state index contributed by atoms with van der Waals surface area (Å²) in [6, 6.07) is 18.5. The molecule has 31 heavy (non-hydrogen) atoms. The van der Waals surface area contributed by atoms with E-state index in [1.54, 1.807) is 0 Å². The second kappa shape index (κ2) is 11.6. The van der Waals surface area contributed by atoms with Crippen LogP contribution in [0, 0.1) is 0 Å². The molecule has 0 aliphatic carbocycles. The van der Waals surface area contributed by atoms with Crippen molar-refractivity contribution >= 4 is 16.8 Å². The fourth-order valence-electron chi connectivity index (χ4n) is 4.00. The molecule has 0 unspecified atom stereocenters. The molecule has 0 saturated heterocycles. The number of fused-ring (bicyclic) bond motifs is 1. The van der Waals surface area contributed by atoms with Gasteiger partial charge in [0.25, 0.3) is 5.91 Å². The van der Waals surface area contributed by atoms with E-state index < -0.39 is 0 Å². The second-order valence-corrected chi connectivity index (χ2v) is 8.33. The van der Waals surface area contributed by atoms with E-state index in [-0.39, 0.29) is 5.91 Å². The van der Waals surface area contributed by atoms with Gasteiger partial charge in [-0.3, -0.25) is 4.79 Å². The zero-order valence-electron chi connectivity index (χ0n) is 19.4. The highest BCUT2D eigenvalue weighted by atomic mass is 16.2. The van der Waals surface area contributed by atoms with E-state index >= 15 is 0 Å². The van der Waals surface area contributed by atoms with Crippen molar-refractivity contribution in [3.8, 4) is 11.3 Å². The smallest absolute Gasteiger partial charge is 0.254 e. The summed E-state index contributed by atoms with van der Waals surface area (Å²) in [6.07, 6.45) is 7.76. The average molecular weight is 417 g/mol. The number of carbonyl (C=O) groups excluding carboxylic acids is 1. The van der Waals surface area contributed by atoms with E-state index in [9.17, 15) is 4.79 Å². The summed E-state index contributed by atoms with van der Waals surface area (Å²) in [5.41, 5.74) is 4.88. The predicted molar refractivity (Wildman–Crippen MR) is 132 cm³/mol. The lowest BCUT2D eigenvalue weighted by atomic mass is 10.0. The van der Waals surface area contributed by atoms with Crippen LogP contribution in [0.4, 0.5) is 0 Å². The number of hydrogen-bond donors (Lipinski definition) is 0. The Morgan fingerprint density at radius 1 is 0.839 bits per heavy atom. The highest BCUT2D eigenvalue weighted by Gasteiger charge is 2.19. The zero-order chi connectivity index (χ0) is 22.1. The fraction of sp³-hybridized carbons (Fsp3) is 0.429. The molecule has 2 aromatic carbocycles. The van der Waals surface area contributed by atoms with Crippen LogP contribution in [0.2, 0.25) is 0 Å². The number of nitrogens with zero attached hydrogens (tertiary/aromatic N) is 2. The molecule has 3 heteroatoms. The molecule has 0 aliphatic rings. The van der Waals surface area contributed by atoms with Gasteiger partial charge in [0.05, 0.1) is 16.8 Å². The first-order chi connectivity index (χ1) is 15.2. The van der Waals surface area contributed by atoms with Crippen LogP contribution in [0.3, 0.4) is 0 Å². The topological polar surface area (TPSA) is 33.2 Å². The first-order valence-electron chi connectivity index (χ1n) is 12.0. The molecule has 164 valence electrons. The van der Waals surface area contributed by atoms with Gasteiger partial charge in [-0.25, -0.2) is 4.98 Å². The Hall–Kier alpha value is -2.68. The minimum atomic E-state index is 0.136. The number of pyridine rings is 1. The van der Waals surface area contributed by atoms with E-state index in [1.807, 2.05) is 30.3 Å². The number of rotatable bonds is 11. The van der Waals surface area contributed by atoms with Crippen LogP contribution in [-0.4, -0.2) is 28.9 Å². The molecule has 3 aromatic rings. The summed E-state index contributed by atoms with van der Waals surface area (Å²) in [6.45, 7) is 8.22. The lowest BCUT2D eigenvalue weighted by molar-refractivity contribution is 0.0751. The molecular weight excluding hydrogens is 380 g/mol. The Bertz CT molecular complexity index is 968. The molecule has 1 amide bonds. The van der Waals surface area contributed by atoms with E-state index in [0.29, 0.717) is 0 Å². The molecule has 0 saturated carbocycles. The number of unbranched alkanes of at least 4 members (excludes halogenated alkanes) is 4. The molecule has 1 aromatic heterocycles. The Morgan fingerprint density at radius 2 is 1.48 bits per heavy atom. The van der Waals surface area contributed by atoms with Gasteiger partial charge < -0.3 is 4.90 Å². The molecule has 0 radical (unpaired) electrons. The standard InChI is InChI=1S/C28H36N2O/c1-4-7-11-19-30(20-12-8-5-2)28(31)25-21-27(23-17-15-22(6-3)16-18-23)29-26-14-10-9-13-24(25)26/h9-10,13-18,21H,4-8,11-12,19-20H2,1-3H3. The number of aryl methyl sites for hydroxylation is 1. The monoisotopic (exact) mass is 416 g/mol. The van der Waals surface area contributed by atoms with Crippen molar-refractivity contribution in [2.45, 2.75) is 65.7 Å². The van der Waals surface area contributed by atoms with Crippen LogP contribution in [0.5, 0.6) is 0 Å². The van der Waals surface area contributed by atoms with E-state index in [1.165, 1.54) is 5.56 Å². The van der Waals surface area contributed by atoms with Gasteiger partial charge in [0.2, 0.25) is 0 Å². The number of aromatic nitrogens is 1. The normalized spacial score (nSPS) is 11.1. The summed E-state index contributed by atoms with van der Waals surface area (Å²) in [5.74, 6) is 0.136. The zero-order valence-corrected chi connectivity index (χ0v) is 19.4. The Morgan fingerprint density at radius 3 is 2.10 bits per heavy atom. The van der Waals surface area contributed by atoms with Gasteiger partial charge in [0.15, 0.2) is 0 Å². The van der Waals surface area contributed by atoms with Gasteiger partial charge in [0, 0.05) is 24.0 Å². The highest BCUT2D eigenvalue weighted by molar-refractivity contribution is 6.07. The Labute approximate surface area is 187 Å². The maximum atomic E-state index is 13.7. The third-order valence-corrected chi connectivity index (χ3v) is 5.95. The van der Waals surface area contributed by atoms with Crippen molar-refractivity contribution in [3.63, 3.8) is 0 Å².